The molecule has 0 radical (unpaired) electrons. The standard InChI is InChI=1S/C12H16FN/c13-11-5-7-12(8-6-11)14-9-10-3-1-2-4-10/h5-8,10,14H,1-4,9H2. The Morgan fingerprint density at radius 2 is 1.79 bits per heavy atom. The first-order valence-electron chi connectivity index (χ1n) is 5.34. The third-order valence-electron chi connectivity index (χ3n) is 2.91. The molecular weight excluding hydrogens is 177 g/mol. The molecule has 1 aliphatic carbocycles. The van der Waals surface area contributed by atoms with Crippen molar-refractivity contribution in [3.63, 3.8) is 0 Å². The minimum absolute atomic E-state index is 0.170. The normalized spacial score (nSPS) is 17.2. The molecule has 0 unspecified atom stereocenters. The molecule has 1 N–H and O–H groups in total. The van der Waals surface area contributed by atoms with Crippen molar-refractivity contribution in [2.24, 2.45) is 5.92 Å². The Labute approximate surface area is 84.3 Å². The van der Waals surface area contributed by atoms with E-state index in [0.29, 0.717) is 0 Å². The van der Waals surface area contributed by atoms with Gasteiger partial charge in [0, 0.05) is 12.2 Å². The van der Waals surface area contributed by atoms with Crippen molar-refractivity contribution in [2.75, 3.05) is 11.9 Å². The van der Waals surface area contributed by atoms with Gasteiger partial charge in [-0.1, -0.05) is 12.8 Å². The molecule has 0 aromatic heterocycles. The van der Waals surface area contributed by atoms with Crippen LogP contribution in [0.4, 0.5) is 10.1 Å². The Kier molecular flexibility index (Phi) is 3.02. The van der Waals surface area contributed by atoms with Gasteiger partial charge in [-0.2, -0.15) is 0 Å². The second-order valence-corrected chi connectivity index (χ2v) is 4.04. The molecule has 1 fully saturated rings. The van der Waals surface area contributed by atoms with Crippen molar-refractivity contribution >= 4 is 5.69 Å². The molecule has 0 heterocycles. The molecule has 1 aromatic rings. The molecule has 0 atom stereocenters. The molecular formula is C12H16FN. The van der Waals surface area contributed by atoms with E-state index >= 15 is 0 Å². The van der Waals surface area contributed by atoms with Gasteiger partial charge in [0.15, 0.2) is 0 Å². The highest BCUT2D eigenvalue weighted by Crippen LogP contribution is 2.24. The zero-order chi connectivity index (χ0) is 9.80. The average molecular weight is 193 g/mol. The summed E-state index contributed by atoms with van der Waals surface area (Å²) in [5.41, 5.74) is 1.03. The van der Waals surface area contributed by atoms with Gasteiger partial charge in [0.1, 0.15) is 5.82 Å². The highest BCUT2D eigenvalue weighted by Gasteiger charge is 2.13. The predicted molar refractivity (Wildman–Crippen MR) is 56.8 cm³/mol. The monoisotopic (exact) mass is 193 g/mol. The SMILES string of the molecule is Fc1ccc(NCC2CCCC2)cc1. The van der Waals surface area contributed by atoms with Crippen molar-refractivity contribution in [1.82, 2.24) is 0 Å². The van der Waals surface area contributed by atoms with Crippen LogP contribution < -0.4 is 5.32 Å². The minimum Gasteiger partial charge on any atom is -0.385 e. The van der Waals surface area contributed by atoms with Crippen molar-refractivity contribution in [2.45, 2.75) is 25.7 Å². The largest absolute Gasteiger partial charge is 0.385 e. The van der Waals surface area contributed by atoms with E-state index in [1.807, 2.05) is 0 Å². The molecule has 1 aliphatic rings. The second-order valence-electron chi connectivity index (χ2n) is 4.04. The molecule has 1 aromatic carbocycles. The zero-order valence-electron chi connectivity index (χ0n) is 8.30. The summed E-state index contributed by atoms with van der Waals surface area (Å²) >= 11 is 0. The third kappa shape index (κ3) is 2.47. The summed E-state index contributed by atoms with van der Waals surface area (Å²) in [6, 6.07) is 6.59. The third-order valence-corrected chi connectivity index (χ3v) is 2.91. The van der Waals surface area contributed by atoms with Gasteiger partial charge in [-0.25, -0.2) is 4.39 Å². The van der Waals surface area contributed by atoms with Crippen LogP contribution in [0.5, 0.6) is 0 Å². The van der Waals surface area contributed by atoms with Crippen LogP contribution in [-0.2, 0) is 0 Å². The highest BCUT2D eigenvalue weighted by atomic mass is 19.1. The van der Waals surface area contributed by atoms with Crippen LogP contribution in [0.25, 0.3) is 0 Å². The van der Waals surface area contributed by atoms with E-state index in [-0.39, 0.29) is 5.82 Å². The Morgan fingerprint density at radius 3 is 2.43 bits per heavy atom. The van der Waals surface area contributed by atoms with Crippen LogP contribution in [0.2, 0.25) is 0 Å². The number of benzene rings is 1. The Morgan fingerprint density at radius 1 is 1.14 bits per heavy atom. The number of hydrogen-bond acceptors (Lipinski definition) is 1. The van der Waals surface area contributed by atoms with E-state index in [2.05, 4.69) is 5.32 Å². The predicted octanol–water partition coefficient (Wildman–Crippen LogP) is 3.43. The number of nitrogens with one attached hydrogen (secondary N) is 1. The molecule has 0 bridgehead atoms. The van der Waals surface area contributed by atoms with Crippen molar-refractivity contribution in [1.29, 1.82) is 0 Å². The fourth-order valence-corrected chi connectivity index (χ4v) is 2.04. The molecule has 2 rings (SSSR count). The fraction of sp³-hybridized carbons (Fsp3) is 0.500. The highest BCUT2D eigenvalue weighted by molar-refractivity contribution is 5.42. The van der Waals surface area contributed by atoms with Gasteiger partial charge in [0.05, 0.1) is 0 Å². The van der Waals surface area contributed by atoms with E-state index in [1.165, 1.54) is 37.8 Å². The lowest BCUT2D eigenvalue weighted by molar-refractivity contribution is 0.579. The van der Waals surface area contributed by atoms with Crippen molar-refractivity contribution in [3.8, 4) is 0 Å². The number of rotatable bonds is 3. The second kappa shape index (κ2) is 4.45. The van der Waals surface area contributed by atoms with Crippen molar-refractivity contribution in [3.05, 3.63) is 30.1 Å². The first-order valence-corrected chi connectivity index (χ1v) is 5.34. The van der Waals surface area contributed by atoms with Gasteiger partial charge in [0.2, 0.25) is 0 Å². The summed E-state index contributed by atoms with van der Waals surface area (Å²) < 4.78 is 12.6. The molecule has 0 spiro atoms. The summed E-state index contributed by atoms with van der Waals surface area (Å²) in [7, 11) is 0. The summed E-state index contributed by atoms with van der Waals surface area (Å²) in [6.45, 7) is 1.03. The summed E-state index contributed by atoms with van der Waals surface area (Å²) in [5.74, 6) is 0.650. The summed E-state index contributed by atoms with van der Waals surface area (Å²) in [5, 5.41) is 3.35. The first-order chi connectivity index (χ1) is 6.84. The maximum absolute atomic E-state index is 12.6. The van der Waals surface area contributed by atoms with Crippen LogP contribution in [0.15, 0.2) is 24.3 Å². The minimum atomic E-state index is -0.170. The van der Waals surface area contributed by atoms with Crippen LogP contribution >= 0.6 is 0 Å². The zero-order valence-corrected chi connectivity index (χ0v) is 8.30. The van der Waals surface area contributed by atoms with Gasteiger partial charge in [-0.05, 0) is 43.0 Å². The Balaban J connectivity index is 1.82. The van der Waals surface area contributed by atoms with E-state index in [0.717, 1.165) is 18.2 Å². The Hall–Kier alpha value is -1.05. The quantitative estimate of drug-likeness (QED) is 0.775. The van der Waals surface area contributed by atoms with E-state index in [1.54, 1.807) is 12.1 Å². The van der Waals surface area contributed by atoms with Crippen LogP contribution in [0, 0.1) is 11.7 Å². The lowest BCUT2D eigenvalue weighted by Gasteiger charge is -2.11. The van der Waals surface area contributed by atoms with Gasteiger partial charge in [0.25, 0.3) is 0 Å². The molecule has 2 heteroatoms. The molecule has 0 saturated heterocycles. The first kappa shape index (κ1) is 9.50. The maximum Gasteiger partial charge on any atom is 0.123 e. The summed E-state index contributed by atoms with van der Waals surface area (Å²) in [4.78, 5) is 0. The van der Waals surface area contributed by atoms with Gasteiger partial charge >= 0.3 is 0 Å². The van der Waals surface area contributed by atoms with E-state index in [4.69, 9.17) is 0 Å². The smallest absolute Gasteiger partial charge is 0.123 e. The van der Waals surface area contributed by atoms with E-state index in [9.17, 15) is 4.39 Å². The number of anilines is 1. The molecule has 0 amide bonds. The molecule has 76 valence electrons. The fourth-order valence-electron chi connectivity index (χ4n) is 2.04. The van der Waals surface area contributed by atoms with Gasteiger partial charge < -0.3 is 5.32 Å². The molecule has 1 saturated carbocycles. The topological polar surface area (TPSA) is 12.0 Å². The Bertz CT molecular complexity index is 275. The van der Waals surface area contributed by atoms with Gasteiger partial charge in [-0.3, -0.25) is 0 Å². The van der Waals surface area contributed by atoms with Gasteiger partial charge in [-0.15, -0.1) is 0 Å². The molecule has 14 heavy (non-hydrogen) atoms. The lowest BCUT2D eigenvalue weighted by atomic mass is 10.1. The van der Waals surface area contributed by atoms with Crippen molar-refractivity contribution < 1.29 is 4.39 Å². The van der Waals surface area contributed by atoms with E-state index < -0.39 is 0 Å². The summed E-state index contributed by atoms with van der Waals surface area (Å²) in [6.07, 6.45) is 5.42. The average Bonchev–Trinajstić information content (AvgIpc) is 2.70. The van der Waals surface area contributed by atoms with Crippen LogP contribution in [0.1, 0.15) is 25.7 Å². The number of hydrogen-bond donors (Lipinski definition) is 1. The van der Waals surface area contributed by atoms with Crippen LogP contribution in [-0.4, -0.2) is 6.54 Å². The maximum atomic E-state index is 12.6. The van der Waals surface area contributed by atoms with Crippen LogP contribution in [0.3, 0.4) is 0 Å². The molecule has 0 aliphatic heterocycles. The number of halogens is 1. The molecule has 1 nitrogen and oxygen atoms in total. The lowest BCUT2D eigenvalue weighted by Crippen LogP contribution is -2.10.